The van der Waals surface area contributed by atoms with Crippen LogP contribution in [0.15, 0.2) is 24.3 Å². The Hall–Kier alpha value is -2.02. The maximum Gasteiger partial charge on any atom is 0.326 e. The molecule has 2 unspecified atom stereocenters. The van der Waals surface area contributed by atoms with E-state index in [1.54, 1.807) is 29.7 Å². The van der Waals surface area contributed by atoms with Gasteiger partial charge >= 0.3 is 5.97 Å². The first-order chi connectivity index (χ1) is 12.2. The van der Waals surface area contributed by atoms with Crippen molar-refractivity contribution < 1.29 is 19.5 Å². The number of carbonyl (C=O) groups is 3. The van der Waals surface area contributed by atoms with Crippen LogP contribution in [-0.2, 0) is 9.59 Å². The smallest absolute Gasteiger partial charge is 0.326 e. The predicted octanol–water partition coefficient (Wildman–Crippen LogP) is 2.65. The molecule has 1 saturated heterocycles. The molecule has 2 aliphatic rings. The summed E-state index contributed by atoms with van der Waals surface area (Å²) in [6, 6.07) is 5.71. The van der Waals surface area contributed by atoms with Gasteiger partial charge in [-0.25, -0.2) is 4.79 Å². The number of carboxylic acids is 1. The molecule has 26 heavy (non-hydrogen) atoms. The lowest BCUT2D eigenvalue weighted by atomic mass is 9.96. The van der Waals surface area contributed by atoms with Crippen LogP contribution < -0.4 is 5.32 Å². The highest BCUT2D eigenvalue weighted by molar-refractivity contribution is 8.01. The highest BCUT2D eigenvalue weighted by atomic mass is 32.2. The first-order valence-corrected chi connectivity index (χ1v) is 9.69. The zero-order chi connectivity index (χ0) is 19.2. The standard InChI is InChI=1S/C19H24N2O4S/c1-5-10(2)13(18(24)25)20-15(22)14-19(3,4)26-17-12-9-7-6-8-11(12)16(23)21(14)17/h6-10,13-14,17H,5H2,1-4H3,(H,20,22)(H,24,25)/t10?,13-,14+,17?/m0/s1. The minimum absolute atomic E-state index is 0.167. The third kappa shape index (κ3) is 2.88. The number of rotatable bonds is 5. The number of carboxylic acid groups (broad SMARTS) is 1. The van der Waals surface area contributed by atoms with Crippen LogP contribution in [0.25, 0.3) is 0 Å². The molecule has 1 aromatic carbocycles. The van der Waals surface area contributed by atoms with Gasteiger partial charge in [0.05, 0.1) is 0 Å². The number of aliphatic carboxylic acids is 1. The van der Waals surface area contributed by atoms with E-state index in [9.17, 15) is 19.5 Å². The molecular weight excluding hydrogens is 352 g/mol. The lowest BCUT2D eigenvalue weighted by Crippen LogP contribution is -2.56. The van der Waals surface area contributed by atoms with Crippen LogP contribution in [0.5, 0.6) is 0 Å². The van der Waals surface area contributed by atoms with Gasteiger partial charge in [-0.2, -0.15) is 0 Å². The van der Waals surface area contributed by atoms with E-state index in [-0.39, 0.29) is 17.2 Å². The summed E-state index contributed by atoms with van der Waals surface area (Å²) in [6.45, 7) is 7.54. The molecule has 2 heterocycles. The first kappa shape index (κ1) is 18.8. The minimum Gasteiger partial charge on any atom is -0.480 e. The van der Waals surface area contributed by atoms with Crippen LogP contribution >= 0.6 is 11.8 Å². The number of nitrogens with one attached hydrogen (secondary N) is 1. The molecule has 0 aromatic heterocycles. The monoisotopic (exact) mass is 376 g/mol. The van der Waals surface area contributed by atoms with Crippen molar-refractivity contribution in [3.05, 3.63) is 35.4 Å². The molecule has 2 amide bonds. The van der Waals surface area contributed by atoms with Gasteiger partial charge in [0, 0.05) is 10.3 Å². The molecule has 6 nitrogen and oxygen atoms in total. The van der Waals surface area contributed by atoms with Crippen LogP contribution in [0, 0.1) is 5.92 Å². The summed E-state index contributed by atoms with van der Waals surface area (Å²) in [6.07, 6.45) is 0.636. The molecule has 0 bridgehead atoms. The Morgan fingerprint density at radius 2 is 2.00 bits per heavy atom. The van der Waals surface area contributed by atoms with E-state index in [0.717, 1.165) is 5.56 Å². The van der Waals surface area contributed by atoms with Crippen molar-refractivity contribution in [2.45, 2.75) is 56.3 Å². The van der Waals surface area contributed by atoms with Crippen molar-refractivity contribution in [1.82, 2.24) is 10.2 Å². The quantitative estimate of drug-likeness (QED) is 0.825. The maximum absolute atomic E-state index is 13.1. The van der Waals surface area contributed by atoms with E-state index in [0.29, 0.717) is 12.0 Å². The number of hydrogen-bond donors (Lipinski definition) is 2. The van der Waals surface area contributed by atoms with Crippen molar-refractivity contribution in [2.24, 2.45) is 5.92 Å². The molecule has 1 fully saturated rings. The molecule has 0 spiro atoms. The largest absolute Gasteiger partial charge is 0.480 e. The second-order valence-electron chi connectivity index (χ2n) is 7.49. The first-order valence-electron chi connectivity index (χ1n) is 8.81. The summed E-state index contributed by atoms with van der Waals surface area (Å²) in [4.78, 5) is 39.2. The topological polar surface area (TPSA) is 86.7 Å². The predicted molar refractivity (Wildman–Crippen MR) is 99.8 cm³/mol. The molecule has 1 aromatic rings. The summed E-state index contributed by atoms with van der Waals surface area (Å²) in [5.41, 5.74) is 1.54. The molecule has 140 valence electrons. The van der Waals surface area contributed by atoms with Crippen LogP contribution in [0.2, 0.25) is 0 Å². The number of thioether (sulfide) groups is 1. The number of nitrogens with zero attached hydrogens (tertiary/aromatic N) is 1. The van der Waals surface area contributed by atoms with E-state index in [1.807, 2.05) is 39.0 Å². The second-order valence-corrected chi connectivity index (χ2v) is 9.22. The van der Waals surface area contributed by atoms with E-state index in [1.165, 1.54) is 0 Å². The molecule has 7 heteroatoms. The Balaban J connectivity index is 1.91. The van der Waals surface area contributed by atoms with Crippen molar-refractivity contribution in [3.8, 4) is 0 Å². The van der Waals surface area contributed by atoms with Crippen molar-refractivity contribution >= 4 is 29.5 Å². The van der Waals surface area contributed by atoms with Gasteiger partial charge < -0.3 is 15.3 Å². The Morgan fingerprint density at radius 1 is 1.35 bits per heavy atom. The average molecular weight is 376 g/mol. The van der Waals surface area contributed by atoms with Gasteiger partial charge in [0.1, 0.15) is 17.5 Å². The molecule has 4 atom stereocenters. The molecular formula is C19H24N2O4S. The number of benzene rings is 1. The normalized spacial score (nSPS) is 25.4. The van der Waals surface area contributed by atoms with Crippen molar-refractivity contribution in [2.75, 3.05) is 0 Å². The van der Waals surface area contributed by atoms with Gasteiger partial charge in [-0.1, -0.05) is 38.5 Å². The Morgan fingerprint density at radius 3 is 2.62 bits per heavy atom. The average Bonchev–Trinajstić information content (AvgIpc) is 3.02. The SMILES string of the molecule is CCC(C)[C@H](NC(=O)[C@H]1N2C(=O)c3ccccc3C2SC1(C)C)C(=O)O. The summed E-state index contributed by atoms with van der Waals surface area (Å²) in [7, 11) is 0. The highest BCUT2D eigenvalue weighted by Gasteiger charge is 2.57. The number of fused-ring (bicyclic) bond motifs is 3. The van der Waals surface area contributed by atoms with Crippen LogP contribution in [-0.4, -0.2) is 44.6 Å². The zero-order valence-electron chi connectivity index (χ0n) is 15.4. The summed E-state index contributed by atoms with van der Waals surface area (Å²) in [5.74, 6) is -1.82. The summed E-state index contributed by atoms with van der Waals surface area (Å²) < 4.78 is -0.517. The Labute approximate surface area is 157 Å². The molecule has 0 saturated carbocycles. The molecule has 2 N–H and O–H groups in total. The van der Waals surface area contributed by atoms with E-state index in [4.69, 9.17) is 0 Å². The lowest BCUT2D eigenvalue weighted by Gasteiger charge is -2.31. The molecule has 3 rings (SSSR count). The van der Waals surface area contributed by atoms with Gasteiger partial charge in [0.25, 0.3) is 5.91 Å². The number of hydrogen-bond acceptors (Lipinski definition) is 4. The fourth-order valence-electron chi connectivity index (χ4n) is 3.72. The van der Waals surface area contributed by atoms with Gasteiger partial charge in [0.2, 0.25) is 5.91 Å². The molecule has 2 aliphatic heterocycles. The second kappa shape index (κ2) is 6.61. The van der Waals surface area contributed by atoms with Gasteiger partial charge in [-0.3, -0.25) is 9.59 Å². The molecule has 0 aliphatic carbocycles. The maximum atomic E-state index is 13.1. The van der Waals surface area contributed by atoms with Crippen LogP contribution in [0.1, 0.15) is 55.4 Å². The Kier molecular flexibility index (Phi) is 4.77. The zero-order valence-corrected chi connectivity index (χ0v) is 16.2. The van der Waals surface area contributed by atoms with Crippen molar-refractivity contribution in [1.29, 1.82) is 0 Å². The lowest BCUT2D eigenvalue weighted by molar-refractivity contribution is -0.144. The van der Waals surface area contributed by atoms with E-state index >= 15 is 0 Å². The summed E-state index contributed by atoms with van der Waals surface area (Å²) >= 11 is 1.57. The van der Waals surface area contributed by atoms with E-state index in [2.05, 4.69) is 5.32 Å². The van der Waals surface area contributed by atoms with Crippen LogP contribution in [0.3, 0.4) is 0 Å². The number of amides is 2. The summed E-state index contributed by atoms with van der Waals surface area (Å²) in [5, 5.41) is 11.9. The fourth-order valence-corrected chi connectivity index (χ4v) is 5.31. The minimum atomic E-state index is -1.05. The van der Waals surface area contributed by atoms with Crippen molar-refractivity contribution in [3.63, 3.8) is 0 Å². The van der Waals surface area contributed by atoms with E-state index < -0.39 is 28.7 Å². The third-order valence-electron chi connectivity index (χ3n) is 5.32. The number of carbonyl (C=O) groups excluding carboxylic acids is 2. The fraction of sp³-hybridized carbons (Fsp3) is 0.526. The Bertz CT molecular complexity index is 764. The third-order valence-corrected chi connectivity index (χ3v) is 6.86. The van der Waals surface area contributed by atoms with Crippen LogP contribution in [0.4, 0.5) is 0 Å². The van der Waals surface area contributed by atoms with Gasteiger partial charge in [-0.05, 0) is 31.4 Å². The molecule has 0 radical (unpaired) electrons. The highest BCUT2D eigenvalue weighted by Crippen LogP contribution is 2.56. The van der Waals surface area contributed by atoms with Gasteiger partial charge in [0.15, 0.2) is 0 Å². The van der Waals surface area contributed by atoms with Gasteiger partial charge in [-0.15, -0.1) is 11.8 Å².